The number of hydrogen-bond donors (Lipinski definition) is 2. The van der Waals surface area contributed by atoms with Crippen LogP contribution < -0.4 is 5.32 Å². The molecule has 16 heavy (non-hydrogen) atoms. The third kappa shape index (κ3) is 2.01. The normalized spacial score (nSPS) is 10.4. The summed E-state index contributed by atoms with van der Waals surface area (Å²) in [6.07, 6.45) is 1.85. The second kappa shape index (κ2) is 3.89. The number of nitrogens with one attached hydrogen (secondary N) is 1. The van der Waals surface area contributed by atoms with E-state index < -0.39 is 5.97 Å². The van der Waals surface area contributed by atoms with Crippen molar-refractivity contribution in [1.29, 1.82) is 0 Å². The number of carboxylic acid groups (broad SMARTS) is 1. The predicted octanol–water partition coefficient (Wildman–Crippen LogP) is 1.02. The van der Waals surface area contributed by atoms with Crippen molar-refractivity contribution in [3.05, 3.63) is 16.8 Å². The molecule has 0 saturated heterocycles. The Kier molecular flexibility index (Phi) is 2.57. The predicted molar refractivity (Wildman–Crippen MR) is 58.1 cm³/mol. The van der Waals surface area contributed by atoms with Gasteiger partial charge in [0.05, 0.1) is 0 Å². The Morgan fingerprint density at radius 2 is 2.31 bits per heavy atom. The number of anilines is 2. The maximum atomic E-state index is 10.6. The van der Waals surface area contributed by atoms with Crippen LogP contribution in [0.15, 0.2) is 6.20 Å². The van der Waals surface area contributed by atoms with Crippen molar-refractivity contribution < 1.29 is 9.90 Å². The zero-order valence-corrected chi connectivity index (χ0v) is 9.45. The average Bonchev–Trinajstić information content (AvgIpc) is 2.75. The number of rotatable bonds is 3. The minimum Gasteiger partial charge on any atom is -0.476 e. The van der Waals surface area contributed by atoms with Crippen LogP contribution in [0.25, 0.3) is 0 Å². The number of carboxylic acids is 1. The standard InChI is InChI=1S/C8H9N5O2S/c1-4-3-13(2)12-5(4)9-8-11-10-6(16-8)7(14)15/h3H,1-2H3,(H,14,15)(H,9,11,12). The van der Waals surface area contributed by atoms with Crippen LogP contribution in [0.3, 0.4) is 0 Å². The van der Waals surface area contributed by atoms with Crippen molar-refractivity contribution in [3.8, 4) is 0 Å². The van der Waals surface area contributed by atoms with Gasteiger partial charge in [-0.25, -0.2) is 4.79 Å². The van der Waals surface area contributed by atoms with Gasteiger partial charge in [0.15, 0.2) is 5.82 Å². The molecule has 0 radical (unpaired) electrons. The molecule has 0 atom stereocenters. The molecule has 2 N–H and O–H groups in total. The molecule has 0 fully saturated rings. The first-order valence-corrected chi connectivity index (χ1v) is 5.22. The number of carbonyl (C=O) groups is 1. The maximum Gasteiger partial charge on any atom is 0.367 e. The molecular formula is C8H9N5O2S. The minimum absolute atomic E-state index is 0.0453. The second-order valence-electron chi connectivity index (χ2n) is 3.18. The van der Waals surface area contributed by atoms with Crippen molar-refractivity contribution in [2.75, 3.05) is 5.32 Å². The van der Waals surface area contributed by atoms with Crippen molar-refractivity contribution in [2.45, 2.75) is 6.92 Å². The van der Waals surface area contributed by atoms with Crippen LogP contribution in [0, 0.1) is 6.92 Å². The lowest BCUT2D eigenvalue weighted by Crippen LogP contribution is -1.94. The van der Waals surface area contributed by atoms with E-state index in [4.69, 9.17) is 5.11 Å². The molecule has 2 heterocycles. The van der Waals surface area contributed by atoms with Crippen LogP contribution in [0.5, 0.6) is 0 Å². The van der Waals surface area contributed by atoms with E-state index in [0.29, 0.717) is 10.9 Å². The van der Waals surface area contributed by atoms with Gasteiger partial charge in [-0.05, 0) is 6.92 Å². The van der Waals surface area contributed by atoms with Crippen molar-refractivity contribution in [3.63, 3.8) is 0 Å². The summed E-state index contributed by atoms with van der Waals surface area (Å²) in [6.45, 7) is 1.90. The fraction of sp³-hybridized carbons (Fsp3) is 0.250. The fourth-order valence-corrected chi connectivity index (χ4v) is 1.77. The monoisotopic (exact) mass is 239 g/mol. The summed E-state index contributed by atoms with van der Waals surface area (Å²) >= 11 is 0.972. The Labute approximate surface area is 94.7 Å². The van der Waals surface area contributed by atoms with E-state index in [1.165, 1.54) is 0 Å². The van der Waals surface area contributed by atoms with Crippen LogP contribution in [-0.2, 0) is 7.05 Å². The van der Waals surface area contributed by atoms with Gasteiger partial charge in [-0.2, -0.15) is 5.10 Å². The highest BCUT2D eigenvalue weighted by atomic mass is 32.1. The van der Waals surface area contributed by atoms with E-state index in [2.05, 4.69) is 20.6 Å². The van der Waals surface area contributed by atoms with Crippen LogP contribution in [-0.4, -0.2) is 31.1 Å². The van der Waals surface area contributed by atoms with E-state index in [9.17, 15) is 4.79 Å². The van der Waals surface area contributed by atoms with Crippen LogP contribution >= 0.6 is 11.3 Å². The molecule has 2 rings (SSSR count). The molecule has 0 spiro atoms. The molecule has 0 bridgehead atoms. The van der Waals surface area contributed by atoms with Gasteiger partial charge in [0, 0.05) is 18.8 Å². The van der Waals surface area contributed by atoms with Gasteiger partial charge < -0.3 is 10.4 Å². The average molecular weight is 239 g/mol. The molecule has 2 aromatic heterocycles. The zero-order chi connectivity index (χ0) is 11.7. The van der Waals surface area contributed by atoms with Gasteiger partial charge in [-0.3, -0.25) is 4.68 Å². The number of aromatic nitrogens is 4. The van der Waals surface area contributed by atoms with Crippen molar-refractivity contribution in [2.24, 2.45) is 7.05 Å². The van der Waals surface area contributed by atoms with Gasteiger partial charge in [0.2, 0.25) is 10.1 Å². The minimum atomic E-state index is -1.08. The largest absolute Gasteiger partial charge is 0.476 e. The summed E-state index contributed by atoms with van der Waals surface area (Å²) in [6, 6.07) is 0. The molecule has 0 amide bonds. The first kappa shape index (κ1) is 10.6. The summed E-state index contributed by atoms with van der Waals surface area (Å²) in [4.78, 5) is 10.6. The molecule has 7 nitrogen and oxygen atoms in total. The molecule has 84 valence electrons. The second-order valence-corrected chi connectivity index (χ2v) is 4.15. The molecular weight excluding hydrogens is 230 g/mol. The topological polar surface area (TPSA) is 92.9 Å². The summed E-state index contributed by atoms with van der Waals surface area (Å²) in [7, 11) is 1.81. The highest BCUT2D eigenvalue weighted by Crippen LogP contribution is 2.21. The molecule has 0 aliphatic carbocycles. The molecule has 0 aromatic carbocycles. The van der Waals surface area contributed by atoms with Crippen LogP contribution in [0.2, 0.25) is 0 Å². The number of aryl methyl sites for hydroxylation is 2. The van der Waals surface area contributed by atoms with E-state index in [1.807, 2.05) is 13.1 Å². The molecule has 0 aliphatic rings. The number of nitrogens with zero attached hydrogens (tertiary/aromatic N) is 4. The van der Waals surface area contributed by atoms with E-state index in [1.54, 1.807) is 11.7 Å². The van der Waals surface area contributed by atoms with Gasteiger partial charge >= 0.3 is 5.97 Å². The highest BCUT2D eigenvalue weighted by Gasteiger charge is 2.12. The van der Waals surface area contributed by atoms with E-state index in [0.717, 1.165) is 16.9 Å². The fourth-order valence-electron chi connectivity index (χ4n) is 1.19. The first-order chi connectivity index (χ1) is 7.56. The molecule has 0 unspecified atom stereocenters. The quantitative estimate of drug-likeness (QED) is 0.830. The molecule has 0 saturated carbocycles. The Morgan fingerprint density at radius 1 is 1.56 bits per heavy atom. The summed E-state index contributed by atoms with van der Waals surface area (Å²) in [5.41, 5.74) is 0.953. The Bertz CT molecular complexity index is 532. The number of hydrogen-bond acceptors (Lipinski definition) is 6. The van der Waals surface area contributed by atoms with Gasteiger partial charge in [0.25, 0.3) is 0 Å². The SMILES string of the molecule is Cc1cn(C)nc1Nc1nnc(C(=O)O)s1. The van der Waals surface area contributed by atoms with Gasteiger partial charge in [-0.15, -0.1) is 10.2 Å². The lowest BCUT2D eigenvalue weighted by Gasteiger charge is -1.96. The van der Waals surface area contributed by atoms with E-state index >= 15 is 0 Å². The third-order valence-corrected chi connectivity index (χ3v) is 2.67. The van der Waals surface area contributed by atoms with Gasteiger partial charge in [0.1, 0.15) is 0 Å². The summed E-state index contributed by atoms with van der Waals surface area (Å²) in [5.74, 6) is -0.432. The molecule has 8 heteroatoms. The molecule has 2 aromatic rings. The smallest absolute Gasteiger partial charge is 0.367 e. The van der Waals surface area contributed by atoms with Gasteiger partial charge in [-0.1, -0.05) is 11.3 Å². The molecule has 0 aliphatic heterocycles. The number of aromatic carboxylic acids is 1. The first-order valence-electron chi connectivity index (χ1n) is 4.40. The highest BCUT2D eigenvalue weighted by molar-refractivity contribution is 7.17. The van der Waals surface area contributed by atoms with Crippen LogP contribution in [0.1, 0.15) is 15.4 Å². The van der Waals surface area contributed by atoms with Crippen LogP contribution in [0.4, 0.5) is 10.9 Å². The summed E-state index contributed by atoms with van der Waals surface area (Å²) in [5, 5.41) is 23.4. The zero-order valence-electron chi connectivity index (χ0n) is 8.63. The lowest BCUT2D eigenvalue weighted by atomic mass is 10.4. The maximum absolute atomic E-state index is 10.6. The summed E-state index contributed by atoms with van der Waals surface area (Å²) < 4.78 is 1.66. The Morgan fingerprint density at radius 3 is 2.81 bits per heavy atom. The third-order valence-electron chi connectivity index (χ3n) is 1.85. The lowest BCUT2D eigenvalue weighted by molar-refractivity contribution is 0.0695. The van der Waals surface area contributed by atoms with E-state index in [-0.39, 0.29) is 5.01 Å². The Balaban J connectivity index is 2.20. The van der Waals surface area contributed by atoms with Crippen molar-refractivity contribution in [1.82, 2.24) is 20.0 Å². The van der Waals surface area contributed by atoms with Crippen molar-refractivity contribution >= 4 is 28.3 Å². The Hall–Kier alpha value is -1.96.